The summed E-state index contributed by atoms with van der Waals surface area (Å²) in [4.78, 5) is 13.6. The second kappa shape index (κ2) is 11.5. The van der Waals surface area contributed by atoms with Crippen LogP contribution in [0.15, 0.2) is 29.3 Å². The molecule has 0 saturated carbocycles. The zero-order valence-electron chi connectivity index (χ0n) is 16.4. The quantitative estimate of drug-likeness (QED) is 0.276. The van der Waals surface area contributed by atoms with Crippen LogP contribution < -0.4 is 10.2 Å². The number of hydrogen-bond acceptors (Lipinski definition) is 5. The Labute approximate surface area is 187 Å². The highest BCUT2D eigenvalue weighted by Crippen LogP contribution is 2.19. The van der Waals surface area contributed by atoms with E-state index in [0.29, 0.717) is 0 Å². The fourth-order valence-corrected chi connectivity index (χ4v) is 3.94. The molecule has 1 aliphatic rings. The van der Waals surface area contributed by atoms with Crippen LogP contribution >= 0.6 is 35.5 Å². The molecule has 0 bridgehead atoms. The van der Waals surface area contributed by atoms with E-state index >= 15 is 0 Å². The minimum absolute atomic E-state index is 0. The van der Waals surface area contributed by atoms with Crippen molar-refractivity contribution in [3.8, 4) is 0 Å². The van der Waals surface area contributed by atoms with Crippen molar-refractivity contribution >= 4 is 46.6 Å². The summed E-state index contributed by atoms with van der Waals surface area (Å²) in [7, 11) is 1.82. The van der Waals surface area contributed by atoms with Crippen LogP contribution in [-0.4, -0.2) is 60.0 Å². The number of piperazine rings is 1. The summed E-state index contributed by atoms with van der Waals surface area (Å²) in [5.41, 5.74) is 1.03. The predicted octanol–water partition coefficient (Wildman–Crippen LogP) is 3.19. The first-order chi connectivity index (χ1) is 13.2. The predicted molar refractivity (Wildman–Crippen MR) is 125 cm³/mol. The van der Waals surface area contributed by atoms with Crippen LogP contribution in [0.4, 0.5) is 9.52 Å². The van der Waals surface area contributed by atoms with Crippen molar-refractivity contribution in [1.82, 2.24) is 19.6 Å². The standard InChI is InChI=1S/C19H27FN6S.HI/c1-3-17-23-19(27-24-17)26-12-10-25(11-13-26)18(21-2)22-9-5-7-15-6-4-8-16(20)14-15;/h4,6,8,14H,3,5,7,9-13H2,1-2H3,(H,21,22);1H. The first kappa shape index (κ1) is 22.8. The summed E-state index contributed by atoms with van der Waals surface area (Å²) in [6, 6.07) is 6.81. The molecule has 1 aromatic carbocycles. The monoisotopic (exact) mass is 518 g/mol. The SMILES string of the molecule is CCc1nsc(N2CCN(C(=NC)NCCCc3cccc(F)c3)CC2)n1.I. The van der Waals surface area contributed by atoms with Gasteiger partial charge in [0.25, 0.3) is 0 Å². The minimum Gasteiger partial charge on any atom is -0.356 e. The van der Waals surface area contributed by atoms with Gasteiger partial charge in [0.15, 0.2) is 5.96 Å². The number of benzene rings is 1. The molecule has 28 heavy (non-hydrogen) atoms. The molecule has 2 aromatic rings. The number of hydrogen-bond donors (Lipinski definition) is 1. The Balaban J connectivity index is 0.00000280. The van der Waals surface area contributed by atoms with Gasteiger partial charge in [-0.15, -0.1) is 24.0 Å². The van der Waals surface area contributed by atoms with Crippen molar-refractivity contribution < 1.29 is 4.39 Å². The summed E-state index contributed by atoms with van der Waals surface area (Å²) >= 11 is 1.49. The number of aromatic nitrogens is 2. The molecule has 1 N–H and O–H groups in total. The van der Waals surface area contributed by atoms with Crippen LogP contribution in [0.2, 0.25) is 0 Å². The maximum atomic E-state index is 13.2. The number of aryl methyl sites for hydroxylation is 2. The van der Waals surface area contributed by atoms with Gasteiger partial charge >= 0.3 is 0 Å². The van der Waals surface area contributed by atoms with Crippen LogP contribution in [-0.2, 0) is 12.8 Å². The largest absolute Gasteiger partial charge is 0.356 e. The Hall–Kier alpha value is -1.49. The van der Waals surface area contributed by atoms with E-state index in [4.69, 9.17) is 0 Å². The van der Waals surface area contributed by atoms with Crippen molar-refractivity contribution in [1.29, 1.82) is 0 Å². The Morgan fingerprint density at radius 3 is 2.71 bits per heavy atom. The first-order valence-corrected chi connectivity index (χ1v) is 10.2. The maximum absolute atomic E-state index is 13.2. The molecule has 6 nitrogen and oxygen atoms in total. The number of nitrogens with one attached hydrogen (secondary N) is 1. The summed E-state index contributed by atoms with van der Waals surface area (Å²) in [6.45, 7) is 6.55. The summed E-state index contributed by atoms with van der Waals surface area (Å²) in [6.07, 6.45) is 2.67. The molecule has 1 aliphatic heterocycles. The average molecular weight is 518 g/mol. The van der Waals surface area contributed by atoms with Crippen molar-refractivity contribution in [2.24, 2.45) is 4.99 Å². The minimum atomic E-state index is -0.171. The van der Waals surface area contributed by atoms with Gasteiger partial charge in [-0.2, -0.15) is 4.37 Å². The van der Waals surface area contributed by atoms with Crippen molar-refractivity contribution in [3.63, 3.8) is 0 Å². The van der Waals surface area contributed by atoms with Crippen LogP contribution in [0.5, 0.6) is 0 Å². The molecule has 0 radical (unpaired) electrons. The highest BCUT2D eigenvalue weighted by atomic mass is 127. The van der Waals surface area contributed by atoms with Gasteiger partial charge in [-0.3, -0.25) is 4.99 Å². The molecule has 3 rings (SSSR count). The number of halogens is 2. The molecule has 2 heterocycles. The maximum Gasteiger partial charge on any atom is 0.205 e. The number of aliphatic imine (C=N–C) groups is 1. The van der Waals surface area contributed by atoms with Gasteiger partial charge in [-0.1, -0.05) is 19.1 Å². The summed E-state index contributed by atoms with van der Waals surface area (Å²) < 4.78 is 17.6. The molecule has 1 aromatic heterocycles. The summed E-state index contributed by atoms with van der Waals surface area (Å²) in [5.74, 6) is 1.68. The van der Waals surface area contributed by atoms with Crippen LogP contribution in [0, 0.1) is 5.82 Å². The fourth-order valence-electron chi connectivity index (χ4n) is 3.14. The van der Waals surface area contributed by atoms with Gasteiger partial charge in [0, 0.05) is 57.7 Å². The Bertz CT molecular complexity index is 760. The molecule has 0 atom stereocenters. The van der Waals surface area contributed by atoms with Crippen LogP contribution in [0.1, 0.15) is 24.7 Å². The van der Waals surface area contributed by atoms with E-state index in [0.717, 1.165) is 74.5 Å². The number of nitrogens with zero attached hydrogens (tertiary/aromatic N) is 5. The Morgan fingerprint density at radius 2 is 2.07 bits per heavy atom. The molecule has 0 aliphatic carbocycles. The second-order valence-corrected chi connectivity index (χ2v) is 7.26. The summed E-state index contributed by atoms with van der Waals surface area (Å²) in [5, 5.41) is 4.45. The molecule has 1 fully saturated rings. The average Bonchev–Trinajstić information content (AvgIpc) is 3.18. The van der Waals surface area contributed by atoms with E-state index in [1.54, 1.807) is 12.1 Å². The lowest BCUT2D eigenvalue weighted by atomic mass is 10.1. The third-order valence-corrected chi connectivity index (χ3v) is 5.46. The number of rotatable bonds is 6. The van der Waals surface area contributed by atoms with Crippen molar-refractivity contribution in [3.05, 3.63) is 41.5 Å². The number of anilines is 1. The highest BCUT2D eigenvalue weighted by molar-refractivity contribution is 14.0. The van der Waals surface area contributed by atoms with Crippen LogP contribution in [0.3, 0.4) is 0 Å². The molecule has 9 heteroatoms. The Morgan fingerprint density at radius 1 is 1.29 bits per heavy atom. The van der Waals surface area contributed by atoms with Crippen molar-refractivity contribution in [2.75, 3.05) is 44.7 Å². The third-order valence-electron chi connectivity index (χ3n) is 4.65. The molecular weight excluding hydrogens is 490 g/mol. The second-order valence-electron chi connectivity index (χ2n) is 6.53. The van der Waals surface area contributed by atoms with E-state index in [2.05, 4.69) is 36.4 Å². The van der Waals surface area contributed by atoms with Gasteiger partial charge in [0.05, 0.1) is 0 Å². The van der Waals surface area contributed by atoms with E-state index in [1.807, 2.05) is 13.1 Å². The zero-order chi connectivity index (χ0) is 19.1. The molecule has 1 saturated heterocycles. The van der Waals surface area contributed by atoms with Gasteiger partial charge in [-0.25, -0.2) is 9.37 Å². The lowest BCUT2D eigenvalue weighted by Crippen LogP contribution is -2.52. The molecule has 154 valence electrons. The van der Waals surface area contributed by atoms with E-state index in [9.17, 15) is 4.39 Å². The molecule has 0 spiro atoms. The van der Waals surface area contributed by atoms with Gasteiger partial charge in [0.1, 0.15) is 11.6 Å². The normalized spacial score (nSPS) is 14.8. The van der Waals surface area contributed by atoms with Gasteiger partial charge in [-0.05, 0) is 30.5 Å². The Kier molecular flexibility index (Phi) is 9.36. The van der Waals surface area contributed by atoms with E-state index < -0.39 is 0 Å². The van der Waals surface area contributed by atoms with Gasteiger partial charge < -0.3 is 15.1 Å². The van der Waals surface area contributed by atoms with E-state index in [1.165, 1.54) is 17.6 Å². The molecular formula is C19H28FIN6S. The highest BCUT2D eigenvalue weighted by Gasteiger charge is 2.21. The molecule has 0 amide bonds. The lowest BCUT2D eigenvalue weighted by molar-refractivity contribution is 0.372. The topological polar surface area (TPSA) is 56.7 Å². The molecule has 0 unspecified atom stereocenters. The van der Waals surface area contributed by atoms with Crippen LogP contribution in [0.25, 0.3) is 0 Å². The smallest absolute Gasteiger partial charge is 0.205 e. The number of guanidine groups is 1. The van der Waals surface area contributed by atoms with E-state index in [-0.39, 0.29) is 29.8 Å². The van der Waals surface area contributed by atoms with Gasteiger partial charge in [0.2, 0.25) is 5.13 Å². The fraction of sp³-hybridized carbons (Fsp3) is 0.526. The van der Waals surface area contributed by atoms with Crippen molar-refractivity contribution in [2.45, 2.75) is 26.2 Å². The first-order valence-electron chi connectivity index (χ1n) is 9.47. The lowest BCUT2D eigenvalue weighted by Gasteiger charge is -2.36. The third kappa shape index (κ3) is 6.26. The zero-order valence-corrected chi connectivity index (χ0v) is 19.5.